The quantitative estimate of drug-likeness (QED) is 0.244. The van der Waals surface area contributed by atoms with E-state index in [9.17, 15) is 14.4 Å². The lowest BCUT2D eigenvalue weighted by Crippen LogP contribution is -2.43. The number of carbonyl (C=O) groups is 3. The van der Waals surface area contributed by atoms with E-state index in [4.69, 9.17) is 0 Å². The lowest BCUT2D eigenvalue weighted by atomic mass is 10.0. The summed E-state index contributed by atoms with van der Waals surface area (Å²) in [5.74, 6) is -0.763. The van der Waals surface area contributed by atoms with Crippen LogP contribution in [-0.2, 0) is 11.3 Å². The molecule has 0 unspecified atom stereocenters. The average molecular weight is 561 g/mol. The molecule has 9 heteroatoms. The minimum absolute atomic E-state index is 0.217. The normalized spacial score (nSPS) is 16.2. The van der Waals surface area contributed by atoms with Crippen LogP contribution in [0.3, 0.4) is 0 Å². The van der Waals surface area contributed by atoms with E-state index < -0.39 is 0 Å². The largest absolute Gasteiger partial charge is 0.362 e. The van der Waals surface area contributed by atoms with E-state index in [-0.39, 0.29) is 17.7 Å². The summed E-state index contributed by atoms with van der Waals surface area (Å²) in [6, 6.07) is 23.6. The molecular weight excluding hydrogens is 528 g/mol. The topological polar surface area (TPSA) is 110 Å². The maximum atomic E-state index is 13.0. The molecule has 0 saturated carbocycles. The van der Waals surface area contributed by atoms with E-state index in [1.165, 1.54) is 5.56 Å². The third-order valence-corrected chi connectivity index (χ3v) is 7.58. The molecule has 42 heavy (non-hydrogen) atoms. The fourth-order valence-corrected chi connectivity index (χ4v) is 5.18. The Balaban J connectivity index is 1.08. The average Bonchev–Trinajstić information content (AvgIpc) is 3.62. The molecule has 9 nitrogen and oxygen atoms in total. The zero-order valence-electron chi connectivity index (χ0n) is 23.3. The van der Waals surface area contributed by atoms with Crippen molar-refractivity contribution in [2.75, 3.05) is 49.2 Å². The molecule has 1 fully saturated rings. The standard InChI is InChI=1S/C33H32N6O3/c1-38-14-16-39(17-15-38)21-22-7-9-23(10-8-22)31(40)35-26-4-2-5-27(19-26)36-32(41)24-11-12-28-29(20-25-6-3-13-34-25)33(42)37-30(28)18-24/h2-13,18-20,34H,14-17,21H2,1H3,(H,35,40)(H,36,41)(H,37,42). The van der Waals surface area contributed by atoms with Crippen LogP contribution in [-0.4, -0.2) is 65.7 Å². The molecule has 2 aliphatic heterocycles. The first-order valence-corrected chi connectivity index (χ1v) is 13.9. The van der Waals surface area contributed by atoms with Crippen molar-refractivity contribution in [3.8, 4) is 0 Å². The number of aromatic amines is 1. The molecule has 0 radical (unpaired) electrons. The molecule has 0 atom stereocenters. The van der Waals surface area contributed by atoms with Gasteiger partial charge in [0.25, 0.3) is 17.7 Å². The van der Waals surface area contributed by atoms with Crippen molar-refractivity contribution in [3.63, 3.8) is 0 Å². The molecule has 0 bridgehead atoms. The van der Waals surface area contributed by atoms with Crippen molar-refractivity contribution in [3.05, 3.63) is 113 Å². The maximum Gasteiger partial charge on any atom is 0.256 e. The molecule has 4 N–H and O–H groups in total. The Bertz CT molecular complexity index is 1650. The minimum Gasteiger partial charge on any atom is -0.362 e. The van der Waals surface area contributed by atoms with Crippen LogP contribution in [0.25, 0.3) is 11.6 Å². The predicted molar refractivity (Wildman–Crippen MR) is 165 cm³/mol. The number of nitrogens with zero attached hydrogens (tertiary/aromatic N) is 2. The summed E-state index contributed by atoms with van der Waals surface area (Å²) in [5, 5.41) is 8.63. The number of nitrogens with one attached hydrogen (secondary N) is 4. The van der Waals surface area contributed by atoms with Gasteiger partial charge in [0.2, 0.25) is 0 Å². The fourth-order valence-electron chi connectivity index (χ4n) is 5.18. The van der Waals surface area contributed by atoms with Crippen LogP contribution in [0.2, 0.25) is 0 Å². The second-order valence-corrected chi connectivity index (χ2v) is 10.7. The van der Waals surface area contributed by atoms with Gasteiger partial charge in [0.05, 0.1) is 5.57 Å². The molecule has 6 rings (SSSR count). The van der Waals surface area contributed by atoms with Gasteiger partial charge < -0.3 is 25.8 Å². The van der Waals surface area contributed by atoms with Crippen LogP contribution in [0, 0.1) is 0 Å². The molecule has 1 aromatic heterocycles. The fraction of sp³-hybridized carbons (Fsp3) is 0.182. The van der Waals surface area contributed by atoms with E-state index in [0.29, 0.717) is 33.8 Å². The molecule has 0 spiro atoms. The first-order chi connectivity index (χ1) is 20.4. The Hall–Kier alpha value is -4.99. The number of benzene rings is 3. The number of rotatable bonds is 7. The van der Waals surface area contributed by atoms with Crippen LogP contribution in [0.15, 0.2) is 85.1 Å². The van der Waals surface area contributed by atoms with Crippen LogP contribution in [0.4, 0.5) is 17.1 Å². The van der Waals surface area contributed by atoms with Gasteiger partial charge in [-0.25, -0.2) is 0 Å². The number of amides is 3. The highest BCUT2D eigenvalue weighted by Crippen LogP contribution is 2.34. The highest BCUT2D eigenvalue weighted by Gasteiger charge is 2.25. The lowest BCUT2D eigenvalue weighted by Gasteiger charge is -2.32. The number of carbonyl (C=O) groups excluding carboxylic acids is 3. The van der Waals surface area contributed by atoms with Gasteiger partial charge in [0, 0.05) is 78.4 Å². The Morgan fingerprint density at radius 2 is 1.52 bits per heavy atom. The summed E-state index contributed by atoms with van der Waals surface area (Å²) in [4.78, 5) is 46.3. The van der Waals surface area contributed by atoms with E-state index in [1.54, 1.807) is 54.7 Å². The molecule has 1 saturated heterocycles. The summed E-state index contributed by atoms with van der Waals surface area (Å²) in [6.45, 7) is 5.10. The van der Waals surface area contributed by atoms with Gasteiger partial charge in [-0.05, 0) is 73.3 Å². The molecule has 212 valence electrons. The van der Waals surface area contributed by atoms with Gasteiger partial charge in [-0.15, -0.1) is 0 Å². The smallest absolute Gasteiger partial charge is 0.256 e. The molecule has 3 amide bonds. The van der Waals surface area contributed by atoms with E-state index in [0.717, 1.165) is 44.0 Å². The van der Waals surface area contributed by atoms with Crippen molar-refractivity contribution in [1.29, 1.82) is 0 Å². The van der Waals surface area contributed by atoms with Gasteiger partial charge >= 0.3 is 0 Å². The number of likely N-dealkylation sites (N-methyl/N-ethyl adjacent to an activating group) is 1. The molecular formula is C33H32N6O3. The summed E-state index contributed by atoms with van der Waals surface area (Å²) >= 11 is 0. The second kappa shape index (κ2) is 11.9. The Labute approximate surface area is 244 Å². The number of piperazine rings is 1. The molecule has 3 aromatic carbocycles. The van der Waals surface area contributed by atoms with Crippen molar-refractivity contribution < 1.29 is 14.4 Å². The van der Waals surface area contributed by atoms with Crippen molar-refractivity contribution in [1.82, 2.24) is 14.8 Å². The third kappa shape index (κ3) is 6.17. The number of hydrogen-bond acceptors (Lipinski definition) is 5. The number of anilines is 3. The zero-order valence-corrected chi connectivity index (χ0v) is 23.3. The van der Waals surface area contributed by atoms with Crippen molar-refractivity contribution in [2.24, 2.45) is 0 Å². The van der Waals surface area contributed by atoms with Gasteiger partial charge in [-0.2, -0.15) is 0 Å². The first-order valence-electron chi connectivity index (χ1n) is 13.9. The van der Waals surface area contributed by atoms with Crippen LogP contribution >= 0.6 is 0 Å². The van der Waals surface area contributed by atoms with Gasteiger partial charge in [-0.1, -0.05) is 24.3 Å². The summed E-state index contributed by atoms with van der Waals surface area (Å²) in [7, 11) is 2.14. The third-order valence-electron chi connectivity index (χ3n) is 7.58. The SMILES string of the molecule is CN1CCN(Cc2ccc(C(=O)Nc3cccc(NC(=O)c4ccc5c(c4)NC(=O)C5=Cc4ccc[nH]4)c3)cc2)CC1. The Kier molecular flexibility index (Phi) is 7.68. The summed E-state index contributed by atoms with van der Waals surface area (Å²) < 4.78 is 0. The first kappa shape index (κ1) is 27.2. The lowest BCUT2D eigenvalue weighted by molar-refractivity contribution is -0.110. The summed E-state index contributed by atoms with van der Waals surface area (Å²) in [6.07, 6.45) is 3.57. The summed E-state index contributed by atoms with van der Waals surface area (Å²) in [5.41, 5.74) is 5.94. The van der Waals surface area contributed by atoms with Gasteiger partial charge in [0.15, 0.2) is 0 Å². The second-order valence-electron chi connectivity index (χ2n) is 10.7. The van der Waals surface area contributed by atoms with Gasteiger partial charge in [0.1, 0.15) is 0 Å². The molecule has 0 aliphatic carbocycles. The molecule has 2 aliphatic rings. The van der Waals surface area contributed by atoms with Gasteiger partial charge in [-0.3, -0.25) is 19.3 Å². The molecule has 4 aromatic rings. The van der Waals surface area contributed by atoms with E-state index >= 15 is 0 Å². The Morgan fingerprint density at radius 3 is 2.21 bits per heavy atom. The highest BCUT2D eigenvalue weighted by molar-refractivity contribution is 6.35. The zero-order chi connectivity index (χ0) is 29.1. The van der Waals surface area contributed by atoms with Crippen LogP contribution in [0.5, 0.6) is 0 Å². The number of hydrogen-bond donors (Lipinski definition) is 4. The predicted octanol–water partition coefficient (Wildman–Crippen LogP) is 4.76. The monoisotopic (exact) mass is 560 g/mol. The highest BCUT2D eigenvalue weighted by atomic mass is 16.2. The van der Waals surface area contributed by atoms with Crippen LogP contribution in [0.1, 0.15) is 37.5 Å². The van der Waals surface area contributed by atoms with Crippen molar-refractivity contribution in [2.45, 2.75) is 6.54 Å². The molecule has 3 heterocycles. The van der Waals surface area contributed by atoms with Crippen LogP contribution < -0.4 is 16.0 Å². The number of aromatic nitrogens is 1. The minimum atomic E-state index is -0.326. The Morgan fingerprint density at radius 1 is 0.833 bits per heavy atom. The van der Waals surface area contributed by atoms with E-state index in [2.05, 4.69) is 37.8 Å². The van der Waals surface area contributed by atoms with E-state index in [1.807, 2.05) is 36.4 Å². The van der Waals surface area contributed by atoms with Crippen molar-refractivity contribution >= 4 is 46.4 Å². The number of H-pyrrole nitrogens is 1. The number of fused-ring (bicyclic) bond motifs is 1. The maximum absolute atomic E-state index is 13.0.